The van der Waals surface area contributed by atoms with Gasteiger partial charge < -0.3 is 4.90 Å². The molecule has 0 saturated heterocycles. The van der Waals surface area contributed by atoms with Crippen LogP contribution in [0, 0.1) is 13.8 Å². The summed E-state index contributed by atoms with van der Waals surface area (Å²) in [5.74, 6) is 0.599. The van der Waals surface area contributed by atoms with E-state index < -0.39 is 0 Å². The van der Waals surface area contributed by atoms with Crippen molar-refractivity contribution in [1.82, 2.24) is 0 Å². The van der Waals surface area contributed by atoms with Crippen LogP contribution in [0.5, 0.6) is 0 Å². The van der Waals surface area contributed by atoms with Crippen LogP contribution in [0.2, 0.25) is 0 Å². The highest BCUT2D eigenvalue weighted by Gasteiger charge is 2.08. The summed E-state index contributed by atoms with van der Waals surface area (Å²) >= 11 is 0. The second-order valence-electron chi connectivity index (χ2n) is 8.59. The molecule has 0 radical (unpaired) electrons. The van der Waals surface area contributed by atoms with Crippen LogP contribution in [-0.2, 0) is 0 Å². The first-order valence-corrected chi connectivity index (χ1v) is 12.2. The number of allylic oxidation sites excluding steroid dienone is 4. The molecule has 34 heavy (non-hydrogen) atoms. The van der Waals surface area contributed by atoms with Crippen LogP contribution < -0.4 is 4.90 Å². The van der Waals surface area contributed by atoms with Crippen LogP contribution in [0.4, 0.5) is 11.4 Å². The summed E-state index contributed by atoms with van der Waals surface area (Å²) < 4.78 is 0. The summed E-state index contributed by atoms with van der Waals surface area (Å²) in [4.78, 5) is 2.21. The van der Waals surface area contributed by atoms with Gasteiger partial charge >= 0.3 is 0 Å². The van der Waals surface area contributed by atoms with E-state index in [4.69, 9.17) is 0 Å². The third-order valence-electron chi connectivity index (χ3n) is 5.41. The Morgan fingerprint density at radius 1 is 0.824 bits per heavy atom. The molecule has 0 spiro atoms. The molecule has 1 nitrogen and oxygen atoms in total. The van der Waals surface area contributed by atoms with E-state index in [1.165, 1.54) is 28.1 Å². The molecule has 3 aromatic rings. The first kappa shape index (κ1) is 28.7. The number of aryl methyl sites for hydroxylation is 2. The highest BCUT2D eigenvalue weighted by molar-refractivity contribution is 5.67. The molecule has 0 N–H and O–H groups in total. The van der Waals surface area contributed by atoms with Gasteiger partial charge in [0.25, 0.3) is 0 Å². The zero-order chi connectivity index (χ0) is 25.3. The number of hydrogen-bond acceptors (Lipinski definition) is 1. The topological polar surface area (TPSA) is 3.24 Å². The van der Waals surface area contributed by atoms with Crippen molar-refractivity contribution in [3.8, 4) is 0 Å². The molecule has 0 saturated carbocycles. The van der Waals surface area contributed by atoms with Gasteiger partial charge in [0.15, 0.2) is 0 Å². The lowest BCUT2D eigenvalue weighted by atomic mass is 9.98. The molecule has 0 heterocycles. The van der Waals surface area contributed by atoms with Crippen molar-refractivity contribution < 1.29 is 0 Å². The van der Waals surface area contributed by atoms with Crippen molar-refractivity contribution in [3.63, 3.8) is 0 Å². The summed E-state index contributed by atoms with van der Waals surface area (Å²) in [6, 6.07) is 27.7. The molecule has 0 aromatic heterocycles. The molecular formula is C33H43N. The summed E-state index contributed by atoms with van der Waals surface area (Å²) in [6.07, 6.45) is 9.30. The first-order chi connectivity index (χ1) is 16.3. The van der Waals surface area contributed by atoms with E-state index in [1.807, 2.05) is 57.2 Å². The number of rotatable bonds is 6. The van der Waals surface area contributed by atoms with Gasteiger partial charge in [0.05, 0.1) is 0 Å². The van der Waals surface area contributed by atoms with Crippen LogP contribution in [0.25, 0.3) is 0 Å². The lowest BCUT2D eigenvalue weighted by Crippen LogP contribution is -2.08. The highest BCUT2D eigenvalue weighted by Crippen LogP contribution is 2.29. The van der Waals surface area contributed by atoms with Crippen molar-refractivity contribution in [3.05, 3.63) is 132 Å². The van der Waals surface area contributed by atoms with E-state index in [0.29, 0.717) is 5.92 Å². The quantitative estimate of drug-likeness (QED) is 0.265. The molecular weight excluding hydrogens is 410 g/mol. The minimum Gasteiger partial charge on any atom is -0.317 e. The smallest absolute Gasteiger partial charge is 0.0458 e. The molecule has 1 heteroatoms. The maximum absolute atomic E-state index is 3.97. The maximum atomic E-state index is 3.97. The van der Waals surface area contributed by atoms with E-state index >= 15 is 0 Å². The Morgan fingerprint density at radius 3 is 1.85 bits per heavy atom. The third-order valence-corrected chi connectivity index (χ3v) is 5.41. The summed E-state index contributed by atoms with van der Waals surface area (Å²) in [5.41, 5.74) is 7.34. The zero-order valence-corrected chi connectivity index (χ0v) is 22.3. The van der Waals surface area contributed by atoms with Gasteiger partial charge in [0, 0.05) is 17.6 Å². The van der Waals surface area contributed by atoms with Crippen molar-refractivity contribution in [1.29, 1.82) is 0 Å². The van der Waals surface area contributed by atoms with Crippen LogP contribution in [0.3, 0.4) is 0 Å². The van der Waals surface area contributed by atoms with Crippen LogP contribution in [-0.4, -0.2) is 0 Å². The summed E-state index contributed by atoms with van der Waals surface area (Å²) in [7, 11) is 0. The normalized spacial score (nSPS) is 11.3. The average molecular weight is 454 g/mol. The molecule has 0 amide bonds. The van der Waals surface area contributed by atoms with Gasteiger partial charge in [0.1, 0.15) is 0 Å². The fourth-order valence-corrected chi connectivity index (χ4v) is 3.03. The van der Waals surface area contributed by atoms with Gasteiger partial charge in [-0.3, -0.25) is 0 Å². The number of hydrogen-bond donors (Lipinski definition) is 0. The molecule has 180 valence electrons. The van der Waals surface area contributed by atoms with E-state index in [0.717, 1.165) is 12.0 Å². The van der Waals surface area contributed by atoms with Crippen molar-refractivity contribution in [2.45, 2.75) is 60.8 Å². The zero-order valence-electron chi connectivity index (χ0n) is 22.3. The second-order valence-corrected chi connectivity index (χ2v) is 8.59. The largest absolute Gasteiger partial charge is 0.317 e. The van der Waals surface area contributed by atoms with E-state index in [1.54, 1.807) is 0 Å². The van der Waals surface area contributed by atoms with E-state index in [2.05, 4.69) is 106 Å². The second kappa shape index (κ2) is 16.3. The third kappa shape index (κ3) is 11.0. The number of nitrogens with zero attached hydrogens (tertiary/aromatic N) is 1. The van der Waals surface area contributed by atoms with Gasteiger partial charge in [-0.1, -0.05) is 98.3 Å². The molecule has 0 aliphatic heterocycles. The molecule has 0 bridgehead atoms. The van der Waals surface area contributed by atoms with Crippen molar-refractivity contribution in [2.75, 3.05) is 4.90 Å². The predicted molar refractivity (Wildman–Crippen MR) is 154 cm³/mol. The van der Waals surface area contributed by atoms with E-state index in [9.17, 15) is 0 Å². The first-order valence-electron chi connectivity index (χ1n) is 12.2. The van der Waals surface area contributed by atoms with Crippen molar-refractivity contribution in [2.24, 2.45) is 0 Å². The molecule has 3 rings (SSSR count). The highest BCUT2D eigenvalue weighted by atomic mass is 15.1. The number of anilines is 2. The van der Waals surface area contributed by atoms with Crippen LogP contribution in [0.1, 0.15) is 63.6 Å². The van der Waals surface area contributed by atoms with Gasteiger partial charge in [-0.2, -0.15) is 0 Å². The Bertz CT molecular complexity index is 1010. The van der Waals surface area contributed by atoms with E-state index in [-0.39, 0.29) is 0 Å². The Labute approximate surface area is 209 Å². The Kier molecular flexibility index (Phi) is 13.8. The van der Waals surface area contributed by atoms with Gasteiger partial charge in [-0.25, -0.2) is 0 Å². The summed E-state index contributed by atoms with van der Waals surface area (Å²) in [6.45, 7) is 18.7. The molecule has 0 fully saturated rings. The molecule has 1 atom stereocenters. The Hall–Kier alpha value is -3.32. The molecule has 0 aliphatic carbocycles. The van der Waals surface area contributed by atoms with Gasteiger partial charge in [-0.15, -0.1) is 0 Å². The van der Waals surface area contributed by atoms with Crippen LogP contribution in [0.15, 0.2) is 115 Å². The standard InChI is InChI=1S/C22H27N.C7H8.C4H8/c1-6-19(5)20-10-12-21(13-11-20)23(15-14-17(2)3)22-9-7-8-18(4)16-22;1-7-5-3-2-4-6-7;1-3-4-2/h7-16,19H,2,6H2,1,3-5H3;2-6H,1H3;3-4H,1-2H3/b15-14+;;4-3-. The lowest BCUT2D eigenvalue weighted by Gasteiger charge is -2.22. The predicted octanol–water partition coefficient (Wildman–Crippen LogP) is 10.3. The Balaban J connectivity index is 0.000000432. The lowest BCUT2D eigenvalue weighted by molar-refractivity contribution is 0.733. The fraction of sp³-hybridized carbons (Fsp3) is 0.273. The maximum Gasteiger partial charge on any atom is 0.0458 e. The number of benzene rings is 3. The molecule has 3 aromatic carbocycles. The molecule has 0 aliphatic rings. The minimum atomic E-state index is 0.599. The molecule has 1 unspecified atom stereocenters. The summed E-state index contributed by atoms with van der Waals surface area (Å²) in [5, 5.41) is 0. The van der Waals surface area contributed by atoms with Crippen molar-refractivity contribution >= 4 is 11.4 Å². The SMILES string of the molecule is C/C=C\C.C=C(C)/C=C/N(c1ccc(C(C)CC)cc1)c1cccc(C)c1.Cc1ccccc1. The van der Waals surface area contributed by atoms with Gasteiger partial charge in [0.2, 0.25) is 0 Å². The van der Waals surface area contributed by atoms with Gasteiger partial charge in [-0.05, 0) is 88.4 Å². The minimum absolute atomic E-state index is 0.599. The fourth-order valence-electron chi connectivity index (χ4n) is 3.03. The average Bonchev–Trinajstić information content (AvgIpc) is 2.85. The monoisotopic (exact) mass is 453 g/mol. The Morgan fingerprint density at radius 2 is 1.41 bits per heavy atom. The van der Waals surface area contributed by atoms with Crippen LogP contribution >= 0.6 is 0 Å².